The van der Waals surface area contributed by atoms with Crippen molar-refractivity contribution in [2.24, 2.45) is 0 Å². The zero-order valence-electron chi connectivity index (χ0n) is 20.2. The van der Waals surface area contributed by atoms with Crippen LogP contribution < -0.4 is 21.0 Å². The number of nitrogens with zero attached hydrogens (tertiary/aromatic N) is 2. The van der Waals surface area contributed by atoms with Crippen LogP contribution in [0.25, 0.3) is 0 Å². The quantitative estimate of drug-likeness (QED) is 0.228. The van der Waals surface area contributed by atoms with E-state index in [9.17, 15) is 19.3 Å². The molecule has 1 unspecified atom stereocenters. The van der Waals surface area contributed by atoms with Gasteiger partial charge in [-0.15, -0.1) is 11.6 Å². The number of halogens is 1. The van der Waals surface area contributed by atoms with Gasteiger partial charge in [-0.1, -0.05) is 18.2 Å². The van der Waals surface area contributed by atoms with Crippen molar-refractivity contribution in [3.05, 3.63) is 53.1 Å². The Labute approximate surface area is 213 Å². The Kier molecular flexibility index (Phi) is 8.81. The van der Waals surface area contributed by atoms with Crippen LogP contribution in [0.15, 0.2) is 47.4 Å². The predicted molar refractivity (Wildman–Crippen MR) is 132 cm³/mol. The minimum absolute atomic E-state index is 0.0149. The van der Waals surface area contributed by atoms with Gasteiger partial charge in [-0.05, 0) is 45.9 Å². The number of carbonyl (C=O) groups excluding carboxylic acids is 1. The Balaban J connectivity index is 1.79. The van der Waals surface area contributed by atoms with Crippen molar-refractivity contribution in [3.63, 3.8) is 0 Å². The number of aromatic nitrogens is 2. The molecule has 1 saturated heterocycles. The second-order valence-corrected chi connectivity index (χ2v) is 11.2. The van der Waals surface area contributed by atoms with E-state index in [4.69, 9.17) is 35.9 Å². The number of esters is 1. The van der Waals surface area contributed by atoms with Crippen LogP contribution in [0.2, 0.25) is 0 Å². The molecule has 2 heterocycles. The van der Waals surface area contributed by atoms with Gasteiger partial charge in [0.2, 0.25) is 0 Å². The Morgan fingerprint density at radius 3 is 2.61 bits per heavy atom. The fourth-order valence-electron chi connectivity index (χ4n) is 3.46. The lowest BCUT2D eigenvalue weighted by Crippen LogP contribution is -2.42. The molecule has 4 N–H and O–H groups in total. The fraction of sp³-hybridized carbons (Fsp3) is 0.500. The lowest BCUT2D eigenvalue weighted by atomic mass is 10.0. The Morgan fingerprint density at radius 1 is 1.33 bits per heavy atom. The molecule has 12 nitrogen and oxygen atoms in total. The van der Waals surface area contributed by atoms with Crippen molar-refractivity contribution in [2.45, 2.75) is 63.2 Å². The highest BCUT2D eigenvalue weighted by Crippen LogP contribution is 2.48. The standard InChI is InChI=1S/C22H30ClN4O8P/c1-13(2)33-19(29)14(3)26-36(31,35-15-8-6-5-7-9-15)32-12-16-18(28)22(4,23)20(34-16)27-11-10-17(24)25-21(27)30/h5-11,13-14,16,18,20,28H,12H2,1-4H3,(H,26,31)(H2,24,25,30)/t14-,16-,18-,20-,22-,36?/m1/s1. The Morgan fingerprint density at radius 2 is 2.00 bits per heavy atom. The van der Waals surface area contributed by atoms with Crippen LogP contribution in [-0.2, 0) is 23.4 Å². The third-order valence-electron chi connectivity index (χ3n) is 5.26. The molecule has 6 atom stereocenters. The molecule has 14 heteroatoms. The van der Waals surface area contributed by atoms with Gasteiger partial charge >= 0.3 is 19.4 Å². The van der Waals surface area contributed by atoms with Crippen LogP contribution in [0.4, 0.5) is 5.82 Å². The number of ether oxygens (including phenoxy) is 2. The van der Waals surface area contributed by atoms with Crippen molar-refractivity contribution < 1.29 is 33.0 Å². The van der Waals surface area contributed by atoms with Crippen LogP contribution in [0.5, 0.6) is 5.75 Å². The van der Waals surface area contributed by atoms with Crippen LogP contribution in [0.3, 0.4) is 0 Å². The van der Waals surface area contributed by atoms with Crippen LogP contribution in [0, 0.1) is 0 Å². The predicted octanol–water partition coefficient (Wildman–Crippen LogP) is 2.21. The van der Waals surface area contributed by atoms with E-state index in [-0.39, 0.29) is 17.7 Å². The minimum atomic E-state index is -4.21. The van der Waals surface area contributed by atoms with E-state index in [1.807, 2.05) is 0 Å². The first-order valence-corrected chi connectivity index (χ1v) is 13.1. The Bertz CT molecular complexity index is 1160. The average Bonchev–Trinajstić information content (AvgIpc) is 3.01. The van der Waals surface area contributed by atoms with Crippen molar-refractivity contribution >= 4 is 31.1 Å². The van der Waals surface area contributed by atoms with E-state index in [1.165, 1.54) is 26.1 Å². The highest BCUT2D eigenvalue weighted by molar-refractivity contribution is 7.52. The molecule has 2 aromatic rings. The van der Waals surface area contributed by atoms with Crippen LogP contribution >= 0.6 is 19.3 Å². The first-order chi connectivity index (χ1) is 16.8. The van der Waals surface area contributed by atoms with Gasteiger partial charge in [0.25, 0.3) is 0 Å². The zero-order valence-corrected chi connectivity index (χ0v) is 21.9. The maximum absolute atomic E-state index is 13.6. The summed E-state index contributed by atoms with van der Waals surface area (Å²) in [5, 5.41) is 13.4. The molecule has 0 aliphatic carbocycles. The number of anilines is 1. The highest BCUT2D eigenvalue weighted by Gasteiger charge is 2.54. The summed E-state index contributed by atoms with van der Waals surface area (Å²) in [6.45, 7) is 5.83. The normalized spacial score (nSPS) is 26.4. The summed E-state index contributed by atoms with van der Waals surface area (Å²) in [5.74, 6) is -0.433. The minimum Gasteiger partial charge on any atom is -0.462 e. The smallest absolute Gasteiger partial charge is 0.459 e. The average molecular weight is 545 g/mol. The van der Waals surface area contributed by atoms with E-state index in [0.29, 0.717) is 0 Å². The van der Waals surface area contributed by atoms with E-state index in [2.05, 4.69) is 10.1 Å². The Hall–Kier alpha value is -2.47. The number of alkyl halides is 1. The SMILES string of the molecule is CC(C)OC(=O)[C@@H](C)NP(=O)(OC[C@H]1O[C@@H](n2ccc(N)nc2=O)[C@](C)(Cl)[C@@H]1O)Oc1ccccc1. The molecule has 1 fully saturated rings. The second-order valence-electron chi connectivity index (χ2n) is 8.70. The molecule has 0 amide bonds. The van der Waals surface area contributed by atoms with Crippen molar-refractivity contribution in [3.8, 4) is 5.75 Å². The number of aliphatic hydroxyl groups is 1. The summed E-state index contributed by atoms with van der Waals surface area (Å²) in [6, 6.07) is 8.53. The van der Waals surface area contributed by atoms with Gasteiger partial charge in [-0.3, -0.25) is 13.9 Å². The molecular weight excluding hydrogens is 515 g/mol. The first-order valence-electron chi connectivity index (χ1n) is 11.2. The number of carbonyl (C=O) groups is 1. The zero-order chi connectivity index (χ0) is 26.7. The lowest BCUT2D eigenvalue weighted by molar-refractivity contribution is -0.149. The topological polar surface area (TPSA) is 164 Å². The maximum atomic E-state index is 13.6. The van der Waals surface area contributed by atoms with E-state index in [0.717, 1.165) is 4.57 Å². The molecule has 36 heavy (non-hydrogen) atoms. The number of nitrogen functional groups attached to an aromatic ring is 1. The molecule has 1 aromatic carbocycles. The van der Waals surface area contributed by atoms with E-state index in [1.54, 1.807) is 44.2 Å². The monoisotopic (exact) mass is 544 g/mol. The number of rotatable bonds is 10. The molecule has 0 spiro atoms. The summed E-state index contributed by atoms with van der Waals surface area (Å²) in [6.07, 6.45) is -2.63. The molecule has 1 aromatic heterocycles. The lowest BCUT2D eigenvalue weighted by Gasteiger charge is -2.26. The number of aliphatic hydroxyl groups excluding tert-OH is 1. The molecule has 1 aliphatic rings. The van der Waals surface area contributed by atoms with Crippen molar-refractivity contribution in [1.29, 1.82) is 0 Å². The molecule has 3 rings (SSSR count). The largest absolute Gasteiger partial charge is 0.462 e. The number of hydrogen-bond donors (Lipinski definition) is 3. The second kappa shape index (κ2) is 11.3. The molecular formula is C22H30ClN4O8P. The van der Waals surface area contributed by atoms with E-state index < -0.39 is 55.4 Å². The molecule has 0 radical (unpaired) electrons. The van der Waals surface area contributed by atoms with Gasteiger partial charge in [0, 0.05) is 6.20 Å². The number of nitrogens with two attached hydrogens (primary N) is 1. The number of nitrogens with one attached hydrogen (secondary N) is 1. The number of hydrogen-bond acceptors (Lipinski definition) is 10. The van der Waals surface area contributed by atoms with Gasteiger partial charge in [0.15, 0.2) is 6.23 Å². The van der Waals surface area contributed by atoms with Gasteiger partial charge in [-0.2, -0.15) is 10.1 Å². The van der Waals surface area contributed by atoms with Crippen LogP contribution in [0.1, 0.15) is 33.9 Å². The third-order valence-corrected chi connectivity index (χ3v) is 7.31. The summed E-state index contributed by atoms with van der Waals surface area (Å²) in [4.78, 5) is 26.8. The van der Waals surface area contributed by atoms with Gasteiger partial charge < -0.3 is 24.8 Å². The number of benzene rings is 1. The van der Waals surface area contributed by atoms with Crippen molar-refractivity contribution in [1.82, 2.24) is 14.6 Å². The summed E-state index contributed by atoms with van der Waals surface area (Å²) >= 11 is 6.55. The highest BCUT2D eigenvalue weighted by atomic mass is 35.5. The molecule has 0 bridgehead atoms. The molecule has 198 valence electrons. The van der Waals surface area contributed by atoms with E-state index >= 15 is 0 Å². The maximum Gasteiger partial charge on any atom is 0.459 e. The summed E-state index contributed by atoms with van der Waals surface area (Å²) in [5.41, 5.74) is 4.82. The van der Waals surface area contributed by atoms with Gasteiger partial charge in [0.1, 0.15) is 34.7 Å². The van der Waals surface area contributed by atoms with Gasteiger partial charge in [-0.25, -0.2) is 9.36 Å². The van der Waals surface area contributed by atoms with Crippen molar-refractivity contribution in [2.75, 3.05) is 12.3 Å². The summed E-state index contributed by atoms with van der Waals surface area (Å²) < 4.78 is 36.9. The van der Waals surface area contributed by atoms with Gasteiger partial charge in [0.05, 0.1) is 12.7 Å². The molecule has 1 aliphatic heterocycles. The number of para-hydroxylation sites is 1. The fourth-order valence-corrected chi connectivity index (χ4v) is 5.26. The summed E-state index contributed by atoms with van der Waals surface area (Å²) in [7, 11) is -4.21. The third kappa shape index (κ3) is 6.64. The molecule has 0 saturated carbocycles. The first kappa shape index (κ1) is 28.1. The van der Waals surface area contributed by atoms with Crippen LogP contribution in [-0.4, -0.2) is 56.5 Å².